The lowest BCUT2D eigenvalue weighted by Crippen LogP contribution is -2.54. The Bertz CT molecular complexity index is 319. The zero-order chi connectivity index (χ0) is 12.5. The summed E-state index contributed by atoms with van der Waals surface area (Å²) < 4.78 is 5.12. The van der Waals surface area contributed by atoms with Crippen LogP contribution >= 0.6 is 0 Å². The fourth-order valence-corrected chi connectivity index (χ4v) is 2.64. The van der Waals surface area contributed by atoms with Gasteiger partial charge in [-0.15, -0.1) is 0 Å². The number of rotatable bonds is 3. The van der Waals surface area contributed by atoms with Crippen LogP contribution < -0.4 is 0 Å². The first-order chi connectivity index (χ1) is 8.09. The smallest absolute Gasteiger partial charge is 0.334 e. The number of ether oxygens (including phenoxy) is 1. The molecule has 1 N–H and O–H groups in total. The number of nitrogens with zero attached hydrogens (tertiary/aromatic N) is 1. The van der Waals surface area contributed by atoms with E-state index in [0.29, 0.717) is 13.2 Å². The molecule has 1 saturated carbocycles. The molecule has 0 aromatic heterocycles. The minimum Gasteiger partial charge on any atom is -0.479 e. The highest BCUT2D eigenvalue weighted by molar-refractivity contribution is 5.84. The molecule has 1 atom stereocenters. The van der Waals surface area contributed by atoms with Crippen LogP contribution in [0.5, 0.6) is 0 Å². The highest BCUT2D eigenvalue weighted by atomic mass is 16.5. The molecule has 0 bridgehead atoms. The monoisotopic (exact) mass is 241 g/mol. The van der Waals surface area contributed by atoms with Crippen LogP contribution in [0.2, 0.25) is 0 Å². The van der Waals surface area contributed by atoms with Crippen molar-refractivity contribution in [2.45, 2.75) is 38.7 Å². The molecule has 1 saturated heterocycles. The van der Waals surface area contributed by atoms with Gasteiger partial charge in [0.15, 0.2) is 6.10 Å². The third-order valence-electron chi connectivity index (χ3n) is 4.07. The number of carbonyl (C=O) groups excluding carboxylic acids is 1. The van der Waals surface area contributed by atoms with Crippen molar-refractivity contribution in [3.8, 4) is 0 Å². The quantitative estimate of drug-likeness (QED) is 0.796. The van der Waals surface area contributed by atoms with Crippen molar-refractivity contribution in [1.82, 2.24) is 4.90 Å². The van der Waals surface area contributed by atoms with E-state index in [1.807, 2.05) is 6.92 Å². The summed E-state index contributed by atoms with van der Waals surface area (Å²) in [5.74, 6) is -0.859. The first kappa shape index (κ1) is 12.4. The molecule has 0 radical (unpaired) electrons. The van der Waals surface area contributed by atoms with Crippen LogP contribution in [0.4, 0.5) is 0 Å². The van der Waals surface area contributed by atoms with Crippen molar-refractivity contribution in [2.24, 2.45) is 5.41 Å². The molecule has 5 nitrogen and oxygen atoms in total. The molecule has 2 fully saturated rings. The molecule has 2 rings (SSSR count). The molecule has 0 aromatic carbocycles. The molecule has 0 spiro atoms. The van der Waals surface area contributed by atoms with Gasteiger partial charge in [-0.05, 0) is 19.3 Å². The molecular formula is C12H19NO4. The Balaban J connectivity index is 2.02. The van der Waals surface area contributed by atoms with Gasteiger partial charge in [0.2, 0.25) is 5.91 Å². The highest BCUT2D eigenvalue weighted by Gasteiger charge is 2.45. The SMILES string of the molecule is CCC1(C(=O)N2CCOC(C(=O)O)C2)CCC1. The predicted molar refractivity (Wildman–Crippen MR) is 60.5 cm³/mol. The fraction of sp³-hybridized carbons (Fsp3) is 0.833. The minimum absolute atomic E-state index is 0.126. The van der Waals surface area contributed by atoms with Crippen molar-refractivity contribution >= 4 is 11.9 Å². The Morgan fingerprint density at radius 3 is 2.65 bits per heavy atom. The van der Waals surface area contributed by atoms with Crippen LogP contribution in [-0.2, 0) is 14.3 Å². The number of morpholine rings is 1. The van der Waals surface area contributed by atoms with E-state index < -0.39 is 12.1 Å². The molecule has 5 heteroatoms. The molecule has 1 amide bonds. The van der Waals surface area contributed by atoms with E-state index in [-0.39, 0.29) is 17.9 Å². The largest absolute Gasteiger partial charge is 0.479 e. The zero-order valence-corrected chi connectivity index (χ0v) is 10.1. The summed E-state index contributed by atoms with van der Waals surface area (Å²) in [7, 11) is 0. The minimum atomic E-state index is -0.985. The molecule has 1 aliphatic heterocycles. The van der Waals surface area contributed by atoms with E-state index in [4.69, 9.17) is 9.84 Å². The maximum Gasteiger partial charge on any atom is 0.334 e. The Morgan fingerprint density at radius 2 is 2.18 bits per heavy atom. The van der Waals surface area contributed by atoms with Gasteiger partial charge in [-0.3, -0.25) is 4.79 Å². The summed E-state index contributed by atoms with van der Waals surface area (Å²) in [6.45, 7) is 3.06. The van der Waals surface area contributed by atoms with Crippen molar-refractivity contribution in [1.29, 1.82) is 0 Å². The Labute approximate surface area is 101 Å². The number of hydrogen-bond acceptors (Lipinski definition) is 3. The molecule has 2 aliphatic rings. The van der Waals surface area contributed by atoms with E-state index in [1.165, 1.54) is 0 Å². The number of aliphatic carboxylic acids is 1. The summed E-state index contributed by atoms with van der Waals surface area (Å²) in [6, 6.07) is 0. The average Bonchev–Trinajstić information content (AvgIpc) is 2.28. The third-order valence-corrected chi connectivity index (χ3v) is 4.07. The van der Waals surface area contributed by atoms with E-state index >= 15 is 0 Å². The van der Waals surface area contributed by atoms with Crippen LogP contribution in [0.25, 0.3) is 0 Å². The van der Waals surface area contributed by atoms with Gasteiger partial charge in [-0.2, -0.15) is 0 Å². The average molecular weight is 241 g/mol. The molecule has 1 aliphatic carbocycles. The molecule has 17 heavy (non-hydrogen) atoms. The second kappa shape index (κ2) is 4.64. The van der Waals surface area contributed by atoms with Crippen LogP contribution in [0.1, 0.15) is 32.6 Å². The van der Waals surface area contributed by atoms with Crippen molar-refractivity contribution in [2.75, 3.05) is 19.7 Å². The second-order valence-electron chi connectivity index (χ2n) is 4.94. The first-order valence-corrected chi connectivity index (χ1v) is 6.23. The molecule has 1 unspecified atom stereocenters. The summed E-state index contributed by atoms with van der Waals surface area (Å²) in [6.07, 6.45) is 2.98. The zero-order valence-electron chi connectivity index (χ0n) is 10.1. The fourth-order valence-electron chi connectivity index (χ4n) is 2.64. The normalized spacial score (nSPS) is 27.4. The number of carbonyl (C=O) groups is 2. The molecule has 1 heterocycles. The van der Waals surface area contributed by atoms with Crippen LogP contribution in [0.3, 0.4) is 0 Å². The number of carboxylic acids is 1. The van der Waals surface area contributed by atoms with E-state index in [0.717, 1.165) is 25.7 Å². The van der Waals surface area contributed by atoms with Gasteiger partial charge in [-0.25, -0.2) is 4.79 Å². The van der Waals surface area contributed by atoms with Crippen molar-refractivity contribution < 1.29 is 19.4 Å². The lowest BCUT2D eigenvalue weighted by molar-refractivity contribution is -0.165. The van der Waals surface area contributed by atoms with Crippen LogP contribution in [-0.4, -0.2) is 47.7 Å². The van der Waals surface area contributed by atoms with E-state index in [1.54, 1.807) is 4.90 Å². The van der Waals surface area contributed by atoms with Gasteiger partial charge in [0.25, 0.3) is 0 Å². The van der Waals surface area contributed by atoms with Crippen molar-refractivity contribution in [3.63, 3.8) is 0 Å². The molecule has 96 valence electrons. The van der Waals surface area contributed by atoms with Gasteiger partial charge in [0.05, 0.1) is 13.2 Å². The third kappa shape index (κ3) is 2.16. The Morgan fingerprint density at radius 1 is 1.47 bits per heavy atom. The van der Waals surface area contributed by atoms with Gasteiger partial charge < -0.3 is 14.7 Å². The predicted octanol–water partition coefficient (Wildman–Crippen LogP) is 0.879. The van der Waals surface area contributed by atoms with Gasteiger partial charge in [0, 0.05) is 12.0 Å². The second-order valence-corrected chi connectivity index (χ2v) is 4.94. The number of hydrogen-bond donors (Lipinski definition) is 1. The molecule has 0 aromatic rings. The lowest BCUT2D eigenvalue weighted by atomic mass is 9.66. The maximum atomic E-state index is 12.4. The first-order valence-electron chi connectivity index (χ1n) is 6.23. The van der Waals surface area contributed by atoms with E-state index in [9.17, 15) is 9.59 Å². The highest BCUT2D eigenvalue weighted by Crippen LogP contribution is 2.45. The standard InChI is InChI=1S/C12H19NO4/c1-2-12(4-3-5-12)11(16)13-6-7-17-9(8-13)10(14)15/h9H,2-8H2,1H3,(H,14,15). The maximum absolute atomic E-state index is 12.4. The molecular weight excluding hydrogens is 222 g/mol. The van der Waals surface area contributed by atoms with Gasteiger partial charge >= 0.3 is 5.97 Å². The Hall–Kier alpha value is -1.10. The topological polar surface area (TPSA) is 66.8 Å². The summed E-state index contributed by atoms with van der Waals surface area (Å²) in [5, 5.41) is 8.91. The van der Waals surface area contributed by atoms with Crippen LogP contribution in [0, 0.1) is 5.41 Å². The van der Waals surface area contributed by atoms with E-state index in [2.05, 4.69) is 0 Å². The van der Waals surface area contributed by atoms with Gasteiger partial charge in [0.1, 0.15) is 0 Å². The summed E-state index contributed by atoms with van der Waals surface area (Å²) >= 11 is 0. The number of amides is 1. The van der Waals surface area contributed by atoms with Gasteiger partial charge in [-0.1, -0.05) is 13.3 Å². The summed E-state index contributed by atoms with van der Waals surface area (Å²) in [4.78, 5) is 24.9. The van der Waals surface area contributed by atoms with Crippen LogP contribution in [0.15, 0.2) is 0 Å². The summed E-state index contributed by atoms with van der Waals surface area (Å²) in [5.41, 5.74) is -0.208. The Kier molecular flexibility index (Phi) is 3.38. The lowest BCUT2D eigenvalue weighted by Gasteiger charge is -2.44. The number of carboxylic acid groups (broad SMARTS) is 1. The van der Waals surface area contributed by atoms with Crippen molar-refractivity contribution in [3.05, 3.63) is 0 Å².